The van der Waals surface area contributed by atoms with E-state index in [1.165, 1.54) is 0 Å². The van der Waals surface area contributed by atoms with E-state index in [9.17, 15) is 0 Å². The van der Waals surface area contributed by atoms with Gasteiger partial charge in [0.1, 0.15) is 0 Å². The largest absolute Gasteiger partial charge is 0.490 e. The zero-order valence-corrected chi connectivity index (χ0v) is 12.3. The van der Waals surface area contributed by atoms with Crippen LogP contribution in [0.4, 0.5) is 0 Å². The number of ether oxygens (including phenoxy) is 2. The van der Waals surface area contributed by atoms with Crippen LogP contribution in [-0.4, -0.2) is 19.1 Å². The molecule has 3 heteroatoms. The molecule has 1 rings (SSSR count). The number of hydrogen-bond donors (Lipinski definition) is 0. The monoisotopic (exact) mass is 270 g/mol. The maximum absolute atomic E-state index is 5.99. The predicted octanol–water partition coefficient (Wildman–Crippen LogP) is 4.51. The highest BCUT2D eigenvalue weighted by Crippen LogP contribution is 2.30. The molecule has 0 fully saturated rings. The maximum atomic E-state index is 5.99. The zero-order chi connectivity index (χ0) is 13.4. The second kappa shape index (κ2) is 7.52. The zero-order valence-electron chi connectivity index (χ0n) is 11.5. The van der Waals surface area contributed by atoms with Gasteiger partial charge in [-0.05, 0) is 37.3 Å². The number of halogens is 1. The highest BCUT2D eigenvalue weighted by Gasteiger charge is 2.20. The SMILES string of the molecule is CCOc1ccccc1OCCC(C)(CC)CCl. The number of rotatable bonds is 8. The molecule has 0 heterocycles. The van der Waals surface area contributed by atoms with Crippen molar-refractivity contribution in [3.05, 3.63) is 24.3 Å². The van der Waals surface area contributed by atoms with Crippen molar-refractivity contribution in [1.82, 2.24) is 0 Å². The Bertz CT molecular complexity index is 348. The van der Waals surface area contributed by atoms with Crippen molar-refractivity contribution in [2.24, 2.45) is 5.41 Å². The molecule has 0 saturated carbocycles. The van der Waals surface area contributed by atoms with Crippen LogP contribution in [-0.2, 0) is 0 Å². The fourth-order valence-electron chi connectivity index (χ4n) is 1.59. The van der Waals surface area contributed by atoms with Crippen molar-refractivity contribution >= 4 is 11.6 Å². The van der Waals surface area contributed by atoms with Crippen LogP contribution in [0.25, 0.3) is 0 Å². The second-order valence-electron chi connectivity index (χ2n) is 4.78. The van der Waals surface area contributed by atoms with Crippen LogP contribution in [0.2, 0.25) is 0 Å². The van der Waals surface area contributed by atoms with Crippen molar-refractivity contribution in [1.29, 1.82) is 0 Å². The van der Waals surface area contributed by atoms with Gasteiger partial charge in [-0.25, -0.2) is 0 Å². The summed E-state index contributed by atoms with van der Waals surface area (Å²) in [7, 11) is 0. The third-order valence-corrected chi connectivity index (χ3v) is 3.93. The van der Waals surface area contributed by atoms with E-state index in [-0.39, 0.29) is 5.41 Å². The van der Waals surface area contributed by atoms with Gasteiger partial charge in [-0.3, -0.25) is 0 Å². The molecule has 0 amide bonds. The van der Waals surface area contributed by atoms with Crippen LogP contribution in [0.15, 0.2) is 24.3 Å². The topological polar surface area (TPSA) is 18.5 Å². The van der Waals surface area contributed by atoms with Crippen LogP contribution in [0.1, 0.15) is 33.6 Å². The van der Waals surface area contributed by atoms with E-state index in [1.54, 1.807) is 0 Å². The van der Waals surface area contributed by atoms with E-state index in [1.807, 2.05) is 31.2 Å². The Kier molecular flexibility index (Phi) is 6.34. The minimum atomic E-state index is 0.155. The van der Waals surface area contributed by atoms with Gasteiger partial charge < -0.3 is 9.47 Å². The molecule has 0 N–H and O–H groups in total. The van der Waals surface area contributed by atoms with E-state index in [0.717, 1.165) is 24.3 Å². The van der Waals surface area contributed by atoms with Gasteiger partial charge >= 0.3 is 0 Å². The Hall–Kier alpha value is -0.890. The summed E-state index contributed by atoms with van der Waals surface area (Å²) in [4.78, 5) is 0. The van der Waals surface area contributed by atoms with E-state index < -0.39 is 0 Å². The van der Waals surface area contributed by atoms with E-state index in [2.05, 4.69) is 13.8 Å². The average Bonchev–Trinajstić information content (AvgIpc) is 2.41. The highest BCUT2D eigenvalue weighted by molar-refractivity contribution is 6.18. The molecule has 0 spiro atoms. The van der Waals surface area contributed by atoms with Gasteiger partial charge in [0.15, 0.2) is 11.5 Å². The Morgan fingerprint density at radius 2 is 1.72 bits per heavy atom. The van der Waals surface area contributed by atoms with Crippen LogP contribution < -0.4 is 9.47 Å². The molecule has 0 aliphatic rings. The van der Waals surface area contributed by atoms with Gasteiger partial charge in [0.2, 0.25) is 0 Å². The Morgan fingerprint density at radius 1 is 1.11 bits per heavy atom. The van der Waals surface area contributed by atoms with Crippen molar-refractivity contribution in [2.75, 3.05) is 19.1 Å². The first-order valence-electron chi connectivity index (χ1n) is 6.56. The molecule has 1 atom stereocenters. The van der Waals surface area contributed by atoms with Crippen molar-refractivity contribution < 1.29 is 9.47 Å². The summed E-state index contributed by atoms with van der Waals surface area (Å²) in [5.74, 6) is 2.29. The molecule has 0 radical (unpaired) electrons. The molecule has 0 aliphatic heterocycles. The molecule has 1 unspecified atom stereocenters. The lowest BCUT2D eigenvalue weighted by molar-refractivity contribution is 0.216. The Balaban J connectivity index is 2.53. The number of benzene rings is 1. The third-order valence-electron chi connectivity index (χ3n) is 3.29. The van der Waals surface area contributed by atoms with Crippen LogP contribution in [0, 0.1) is 5.41 Å². The summed E-state index contributed by atoms with van der Waals surface area (Å²) in [6, 6.07) is 7.78. The fourth-order valence-corrected chi connectivity index (χ4v) is 1.91. The van der Waals surface area contributed by atoms with E-state index >= 15 is 0 Å². The standard InChI is InChI=1S/C15H23ClO2/c1-4-15(3,12-16)10-11-18-14-9-7-6-8-13(14)17-5-2/h6-9H,4-5,10-12H2,1-3H3. The summed E-state index contributed by atoms with van der Waals surface area (Å²) in [6.07, 6.45) is 2.01. The first-order chi connectivity index (χ1) is 8.65. The Morgan fingerprint density at radius 3 is 2.22 bits per heavy atom. The molecule has 0 bridgehead atoms. The van der Waals surface area contributed by atoms with E-state index in [0.29, 0.717) is 19.1 Å². The second-order valence-corrected chi connectivity index (χ2v) is 5.04. The minimum Gasteiger partial charge on any atom is -0.490 e. The lowest BCUT2D eigenvalue weighted by atomic mass is 9.87. The summed E-state index contributed by atoms with van der Waals surface area (Å²) in [5, 5.41) is 0. The third kappa shape index (κ3) is 4.41. The number of hydrogen-bond acceptors (Lipinski definition) is 2. The van der Waals surface area contributed by atoms with Crippen molar-refractivity contribution in [2.45, 2.75) is 33.6 Å². The molecule has 102 valence electrons. The van der Waals surface area contributed by atoms with Gasteiger partial charge in [-0.1, -0.05) is 26.0 Å². The summed E-state index contributed by atoms with van der Waals surface area (Å²) < 4.78 is 11.3. The molecule has 2 nitrogen and oxygen atoms in total. The van der Waals surface area contributed by atoms with Crippen molar-refractivity contribution in [3.63, 3.8) is 0 Å². The molecule has 1 aromatic carbocycles. The summed E-state index contributed by atoms with van der Waals surface area (Å²) in [6.45, 7) is 7.64. The fraction of sp³-hybridized carbons (Fsp3) is 0.600. The quantitative estimate of drug-likeness (QED) is 0.647. The van der Waals surface area contributed by atoms with Crippen molar-refractivity contribution in [3.8, 4) is 11.5 Å². The summed E-state index contributed by atoms with van der Waals surface area (Å²) >= 11 is 5.99. The van der Waals surface area contributed by atoms with Crippen LogP contribution in [0.5, 0.6) is 11.5 Å². The van der Waals surface area contributed by atoms with Crippen LogP contribution >= 0.6 is 11.6 Å². The van der Waals surface area contributed by atoms with Gasteiger partial charge in [0.05, 0.1) is 13.2 Å². The van der Waals surface area contributed by atoms with E-state index in [4.69, 9.17) is 21.1 Å². The van der Waals surface area contributed by atoms with Crippen LogP contribution in [0.3, 0.4) is 0 Å². The van der Waals surface area contributed by atoms with Gasteiger partial charge in [0.25, 0.3) is 0 Å². The molecule has 0 aromatic heterocycles. The lowest BCUT2D eigenvalue weighted by Crippen LogP contribution is -2.20. The minimum absolute atomic E-state index is 0.155. The van der Waals surface area contributed by atoms with Gasteiger partial charge in [0, 0.05) is 5.88 Å². The average molecular weight is 271 g/mol. The number of para-hydroxylation sites is 2. The summed E-state index contributed by atoms with van der Waals surface area (Å²) in [5.41, 5.74) is 0.155. The lowest BCUT2D eigenvalue weighted by Gasteiger charge is -2.25. The van der Waals surface area contributed by atoms with Gasteiger partial charge in [-0.2, -0.15) is 0 Å². The predicted molar refractivity (Wildman–Crippen MR) is 76.8 cm³/mol. The normalized spacial score (nSPS) is 14.0. The highest BCUT2D eigenvalue weighted by atomic mass is 35.5. The van der Waals surface area contributed by atoms with Gasteiger partial charge in [-0.15, -0.1) is 11.6 Å². The molecule has 1 aromatic rings. The first kappa shape index (κ1) is 15.2. The molecular formula is C15H23ClO2. The smallest absolute Gasteiger partial charge is 0.161 e. The molecule has 0 aliphatic carbocycles. The number of alkyl halides is 1. The molecule has 0 saturated heterocycles. The Labute approximate surface area is 115 Å². The molecular weight excluding hydrogens is 248 g/mol. The maximum Gasteiger partial charge on any atom is 0.161 e. The first-order valence-corrected chi connectivity index (χ1v) is 7.09. The molecule has 18 heavy (non-hydrogen) atoms.